The summed E-state index contributed by atoms with van der Waals surface area (Å²) in [5.74, 6) is 0. The number of rotatable bonds is 0. The standard InChI is InChI=1S/C13H12N2O/c1-2-4-10-8(3-1)9-5-13-12(14-7-16-13)6-11(9)15-10/h1-5,12-14H,6-7H2. The Morgan fingerprint density at radius 3 is 3.25 bits per heavy atom. The molecule has 80 valence electrons. The molecule has 2 atom stereocenters. The first kappa shape index (κ1) is 8.67. The molecule has 0 radical (unpaired) electrons. The summed E-state index contributed by atoms with van der Waals surface area (Å²) in [5, 5.41) is 3.35. The van der Waals surface area contributed by atoms with Gasteiger partial charge in [0.2, 0.25) is 0 Å². The van der Waals surface area contributed by atoms with Crippen LogP contribution in [0, 0.1) is 0 Å². The molecule has 2 heterocycles. The van der Waals surface area contributed by atoms with E-state index < -0.39 is 0 Å². The molecule has 2 unspecified atom stereocenters. The van der Waals surface area contributed by atoms with Gasteiger partial charge in [-0.15, -0.1) is 0 Å². The van der Waals surface area contributed by atoms with Gasteiger partial charge in [-0.25, -0.2) is 0 Å². The number of hydrogen-bond donors (Lipinski definition) is 1. The Balaban J connectivity index is 1.86. The van der Waals surface area contributed by atoms with Crippen LogP contribution < -0.4 is 5.32 Å². The molecule has 0 saturated carbocycles. The molecule has 0 bridgehead atoms. The van der Waals surface area contributed by atoms with Crippen LogP contribution in [0.1, 0.15) is 12.0 Å². The zero-order valence-corrected chi connectivity index (χ0v) is 8.81. The van der Waals surface area contributed by atoms with Crippen molar-refractivity contribution < 1.29 is 4.74 Å². The van der Waals surface area contributed by atoms with E-state index in [1.807, 2.05) is 6.07 Å². The van der Waals surface area contributed by atoms with E-state index in [2.05, 4.69) is 34.6 Å². The largest absolute Gasteiger partial charge is 0.357 e. The van der Waals surface area contributed by atoms with Crippen LogP contribution >= 0.6 is 0 Å². The first-order chi connectivity index (χ1) is 7.92. The van der Waals surface area contributed by atoms with E-state index in [1.54, 1.807) is 0 Å². The summed E-state index contributed by atoms with van der Waals surface area (Å²) < 4.78 is 5.64. The molecule has 1 aromatic rings. The Labute approximate surface area is 93.8 Å². The molecule has 0 amide bonds. The number of nitrogens with one attached hydrogen (secondary N) is 1. The number of hydrogen-bond acceptors (Lipinski definition) is 3. The number of allylic oxidation sites excluding steroid dienone is 1. The van der Waals surface area contributed by atoms with Gasteiger partial charge in [0, 0.05) is 23.6 Å². The summed E-state index contributed by atoms with van der Waals surface area (Å²) in [5.41, 5.74) is 4.84. The fourth-order valence-electron chi connectivity index (χ4n) is 2.71. The second kappa shape index (κ2) is 3.03. The Morgan fingerprint density at radius 1 is 1.31 bits per heavy atom. The van der Waals surface area contributed by atoms with Crippen LogP contribution in [-0.2, 0) is 4.74 Å². The van der Waals surface area contributed by atoms with Gasteiger partial charge in [-0.05, 0) is 12.1 Å². The maximum Gasteiger partial charge on any atom is 0.0977 e. The van der Waals surface area contributed by atoms with Crippen molar-refractivity contribution >= 4 is 17.0 Å². The molecule has 16 heavy (non-hydrogen) atoms. The number of para-hydroxylation sites is 1. The molecule has 4 rings (SSSR count). The third-order valence-electron chi connectivity index (χ3n) is 3.52. The van der Waals surface area contributed by atoms with Gasteiger partial charge in [0.15, 0.2) is 0 Å². The summed E-state index contributed by atoms with van der Waals surface area (Å²) in [6, 6.07) is 8.73. The number of aliphatic imine (C=N–C) groups is 1. The minimum atomic E-state index is 0.222. The van der Waals surface area contributed by atoms with Gasteiger partial charge >= 0.3 is 0 Å². The predicted octanol–water partition coefficient (Wildman–Crippen LogP) is 1.87. The van der Waals surface area contributed by atoms with Crippen molar-refractivity contribution in [3.05, 3.63) is 35.9 Å². The summed E-state index contributed by atoms with van der Waals surface area (Å²) >= 11 is 0. The van der Waals surface area contributed by atoms with Crippen LogP contribution in [0.5, 0.6) is 0 Å². The van der Waals surface area contributed by atoms with Gasteiger partial charge in [-0.1, -0.05) is 18.2 Å². The topological polar surface area (TPSA) is 33.6 Å². The van der Waals surface area contributed by atoms with Crippen LogP contribution in [-0.4, -0.2) is 24.6 Å². The van der Waals surface area contributed by atoms with Gasteiger partial charge in [0.05, 0.1) is 24.2 Å². The number of benzene rings is 1. The maximum atomic E-state index is 5.64. The molecule has 1 fully saturated rings. The van der Waals surface area contributed by atoms with E-state index in [0.717, 1.165) is 12.1 Å². The second-order valence-electron chi connectivity index (χ2n) is 4.45. The van der Waals surface area contributed by atoms with Crippen molar-refractivity contribution in [1.82, 2.24) is 5.32 Å². The fraction of sp³-hybridized carbons (Fsp3) is 0.308. The Bertz CT molecular complexity index is 518. The van der Waals surface area contributed by atoms with Crippen molar-refractivity contribution in [3.8, 4) is 0 Å². The number of nitrogens with zero attached hydrogens (tertiary/aromatic N) is 1. The fourth-order valence-corrected chi connectivity index (χ4v) is 2.71. The van der Waals surface area contributed by atoms with Crippen LogP contribution in [0.4, 0.5) is 5.69 Å². The van der Waals surface area contributed by atoms with E-state index in [0.29, 0.717) is 12.8 Å². The molecule has 1 saturated heterocycles. The molecule has 2 aliphatic heterocycles. The van der Waals surface area contributed by atoms with Crippen LogP contribution in [0.25, 0.3) is 5.57 Å². The van der Waals surface area contributed by atoms with Crippen LogP contribution in [0.15, 0.2) is 35.3 Å². The van der Waals surface area contributed by atoms with E-state index in [9.17, 15) is 0 Å². The average molecular weight is 212 g/mol. The number of ether oxygens (including phenoxy) is 1. The first-order valence-electron chi connectivity index (χ1n) is 5.66. The molecular formula is C13H12N2O. The minimum Gasteiger partial charge on any atom is -0.357 e. The monoisotopic (exact) mass is 212 g/mol. The summed E-state index contributed by atoms with van der Waals surface area (Å²) in [6.45, 7) is 0.661. The lowest BCUT2D eigenvalue weighted by Crippen LogP contribution is -2.35. The quantitative estimate of drug-likeness (QED) is 0.712. The van der Waals surface area contributed by atoms with E-state index in [1.165, 1.54) is 16.8 Å². The minimum absolute atomic E-state index is 0.222. The van der Waals surface area contributed by atoms with Gasteiger partial charge in [0.1, 0.15) is 0 Å². The average Bonchev–Trinajstić information content (AvgIpc) is 2.88. The first-order valence-corrected chi connectivity index (χ1v) is 5.66. The molecule has 3 heteroatoms. The third kappa shape index (κ3) is 1.07. The Morgan fingerprint density at radius 2 is 2.25 bits per heavy atom. The third-order valence-corrected chi connectivity index (χ3v) is 3.52. The van der Waals surface area contributed by atoms with E-state index in [-0.39, 0.29) is 6.10 Å². The maximum absolute atomic E-state index is 5.64. The molecule has 1 aliphatic carbocycles. The highest BCUT2D eigenvalue weighted by Gasteiger charge is 2.35. The smallest absolute Gasteiger partial charge is 0.0977 e. The second-order valence-corrected chi connectivity index (χ2v) is 4.45. The highest BCUT2D eigenvalue weighted by atomic mass is 16.5. The van der Waals surface area contributed by atoms with Crippen molar-refractivity contribution in [2.45, 2.75) is 18.6 Å². The lowest BCUT2D eigenvalue weighted by molar-refractivity contribution is 0.137. The van der Waals surface area contributed by atoms with E-state index in [4.69, 9.17) is 4.74 Å². The SMILES string of the molecule is C1=C2C(=Nc3ccccc32)CC2NCOC12. The summed E-state index contributed by atoms with van der Waals surface area (Å²) in [7, 11) is 0. The zero-order chi connectivity index (χ0) is 10.5. The van der Waals surface area contributed by atoms with Gasteiger partial charge in [-0.2, -0.15) is 0 Å². The Hall–Kier alpha value is -1.45. The highest BCUT2D eigenvalue weighted by Crippen LogP contribution is 2.39. The summed E-state index contributed by atoms with van der Waals surface area (Å²) in [6.07, 6.45) is 3.42. The predicted molar refractivity (Wildman–Crippen MR) is 62.8 cm³/mol. The number of fused-ring (bicyclic) bond motifs is 4. The van der Waals surface area contributed by atoms with Gasteiger partial charge < -0.3 is 4.74 Å². The van der Waals surface area contributed by atoms with Crippen molar-refractivity contribution in [2.75, 3.05) is 6.73 Å². The molecule has 3 aliphatic rings. The van der Waals surface area contributed by atoms with Crippen LogP contribution in [0.3, 0.4) is 0 Å². The van der Waals surface area contributed by atoms with E-state index >= 15 is 0 Å². The molecule has 1 aromatic carbocycles. The van der Waals surface area contributed by atoms with Crippen molar-refractivity contribution in [1.29, 1.82) is 0 Å². The normalized spacial score (nSPS) is 30.2. The molecule has 3 nitrogen and oxygen atoms in total. The van der Waals surface area contributed by atoms with Gasteiger partial charge in [0.25, 0.3) is 0 Å². The van der Waals surface area contributed by atoms with Crippen molar-refractivity contribution in [3.63, 3.8) is 0 Å². The molecular weight excluding hydrogens is 200 g/mol. The lowest BCUT2D eigenvalue weighted by Gasteiger charge is -2.21. The molecule has 0 aromatic heterocycles. The van der Waals surface area contributed by atoms with Crippen LogP contribution in [0.2, 0.25) is 0 Å². The van der Waals surface area contributed by atoms with Gasteiger partial charge in [-0.3, -0.25) is 10.3 Å². The molecule has 1 N–H and O–H groups in total. The summed E-state index contributed by atoms with van der Waals surface area (Å²) in [4.78, 5) is 4.69. The Kier molecular flexibility index (Phi) is 1.64. The zero-order valence-electron chi connectivity index (χ0n) is 8.81. The van der Waals surface area contributed by atoms with Crippen molar-refractivity contribution in [2.24, 2.45) is 4.99 Å². The highest BCUT2D eigenvalue weighted by molar-refractivity contribution is 6.29. The molecule has 0 spiro atoms. The lowest BCUT2D eigenvalue weighted by atomic mass is 9.89.